The van der Waals surface area contributed by atoms with Gasteiger partial charge in [-0.3, -0.25) is 4.90 Å². The number of hydrogen-bond donors (Lipinski definition) is 1. The summed E-state index contributed by atoms with van der Waals surface area (Å²) in [6.07, 6.45) is 3.45. The van der Waals surface area contributed by atoms with Crippen molar-refractivity contribution in [3.05, 3.63) is 102 Å². The van der Waals surface area contributed by atoms with E-state index in [9.17, 15) is 5.11 Å². The van der Waals surface area contributed by atoms with Crippen LogP contribution in [0.5, 0.6) is 5.75 Å². The van der Waals surface area contributed by atoms with Gasteiger partial charge in [-0.25, -0.2) is 0 Å². The highest BCUT2D eigenvalue weighted by Gasteiger charge is 2.65. The second kappa shape index (κ2) is 6.45. The first-order chi connectivity index (χ1) is 14.3. The summed E-state index contributed by atoms with van der Waals surface area (Å²) in [5.41, 5.74) is 2.74. The lowest BCUT2D eigenvalue weighted by atomic mass is 9.75. The molecule has 1 saturated carbocycles. The van der Waals surface area contributed by atoms with Crippen LogP contribution in [-0.2, 0) is 10.3 Å². The zero-order chi connectivity index (χ0) is 19.4. The zero-order valence-electron chi connectivity index (χ0n) is 16.3. The number of rotatable bonds is 3. The van der Waals surface area contributed by atoms with Crippen LogP contribution < -0.4 is 0 Å². The molecule has 6 rings (SSSR count). The summed E-state index contributed by atoms with van der Waals surface area (Å²) in [6, 6.07) is 29.8. The topological polar surface area (TPSA) is 32.7 Å². The molecule has 0 amide bonds. The zero-order valence-corrected chi connectivity index (χ0v) is 16.3. The molecule has 1 N–H and O–H groups in total. The number of ether oxygens (including phenoxy) is 1. The average Bonchev–Trinajstić information content (AvgIpc) is 3.48. The van der Waals surface area contributed by atoms with E-state index in [2.05, 4.69) is 65.6 Å². The van der Waals surface area contributed by atoms with Crippen molar-refractivity contribution in [3.8, 4) is 5.75 Å². The Morgan fingerprint density at radius 1 is 0.793 bits per heavy atom. The molecule has 2 bridgehead atoms. The summed E-state index contributed by atoms with van der Waals surface area (Å²) in [5, 5.41) is 10.7. The number of phenolic OH excluding ortho intramolecular Hbond substituents is 1. The highest BCUT2D eigenvalue weighted by atomic mass is 16.5. The van der Waals surface area contributed by atoms with E-state index in [1.54, 1.807) is 6.07 Å². The maximum Gasteiger partial charge on any atom is 0.142 e. The van der Waals surface area contributed by atoms with Gasteiger partial charge in [-0.1, -0.05) is 78.9 Å². The maximum absolute atomic E-state index is 10.7. The predicted molar refractivity (Wildman–Crippen MR) is 112 cm³/mol. The molecular formula is C26H25NO2. The van der Waals surface area contributed by atoms with Crippen molar-refractivity contribution < 1.29 is 9.84 Å². The Hall–Kier alpha value is -2.62. The van der Waals surface area contributed by atoms with Gasteiger partial charge in [0.1, 0.15) is 17.6 Å². The van der Waals surface area contributed by atoms with Gasteiger partial charge in [0.15, 0.2) is 0 Å². The Labute approximate surface area is 171 Å². The number of fused-ring (bicyclic) bond motifs is 5. The van der Waals surface area contributed by atoms with Crippen LogP contribution in [0.3, 0.4) is 0 Å². The summed E-state index contributed by atoms with van der Waals surface area (Å²) in [6.45, 7) is 0. The van der Waals surface area contributed by atoms with Gasteiger partial charge in [0.25, 0.3) is 0 Å². The third kappa shape index (κ3) is 2.38. The first-order valence-electron chi connectivity index (χ1n) is 10.6. The average molecular weight is 383 g/mol. The molecule has 2 heterocycles. The minimum Gasteiger partial charge on any atom is -0.508 e. The van der Waals surface area contributed by atoms with Crippen molar-refractivity contribution in [2.24, 2.45) is 5.92 Å². The number of para-hydroxylation sites is 1. The molecule has 3 fully saturated rings. The lowest BCUT2D eigenvalue weighted by molar-refractivity contribution is -0.0537. The van der Waals surface area contributed by atoms with E-state index >= 15 is 0 Å². The SMILES string of the molecule is Oc1ccccc1[C@H]1OC(c2ccccc2)(c2ccccc2)[C@@H]2[C@H]3CC[C@H](C3)N12. The van der Waals surface area contributed by atoms with Gasteiger partial charge in [0.2, 0.25) is 0 Å². The molecule has 3 aromatic rings. The molecule has 4 atom stereocenters. The monoisotopic (exact) mass is 383 g/mol. The van der Waals surface area contributed by atoms with Crippen molar-refractivity contribution >= 4 is 0 Å². The summed E-state index contributed by atoms with van der Waals surface area (Å²) >= 11 is 0. The fourth-order valence-corrected chi connectivity index (χ4v) is 6.14. The van der Waals surface area contributed by atoms with Crippen LogP contribution in [-0.4, -0.2) is 22.1 Å². The van der Waals surface area contributed by atoms with Crippen LogP contribution in [0.4, 0.5) is 0 Å². The molecule has 0 aromatic heterocycles. The van der Waals surface area contributed by atoms with Crippen LogP contribution in [0.15, 0.2) is 84.9 Å². The second-order valence-corrected chi connectivity index (χ2v) is 8.62. The summed E-state index contributed by atoms with van der Waals surface area (Å²) in [4.78, 5) is 2.57. The number of phenols is 1. The van der Waals surface area contributed by atoms with Gasteiger partial charge in [0.05, 0.1) is 6.04 Å². The molecule has 2 saturated heterocycles. The van der Waals surface area contributed by atoms with Gasteiger partial charge in [0, 0.05) is 11.6 Å². The summed E-state index contributed by atoms with van der Waals surface area (Å²) < 4.78 is 7.10. The summed E-state index contributed by atoms with van der Waals surface area (Å²) in [7, 11) is 0. The number of aromatic hydroxyl groups is 1. The lowest BCUT2D eigenvalue weighted by Crippen LogP contribution is -2.47. The Morgan fingerprint density at radius 2 is 1.41 bits per heavy atom. The summed E-state index contributed by atoms with van der Waals surface area (Å²) in [5.74, 6) is 0.923. The maximum atomic E-state index is 10.7. The van der Waals surface area contributed by atoms with Crippen molar-refractivity contribution in [1.29, 1.82) is 0 Å². The molecule has 0 radical (unpaired) electrons. The second-order valence-electron chi connectivity index (χ2n) is 8.62. The third-order valence-corrected chi connectivity index (χ3v) is 7.23. The predicted octanol–water partition coefficient (Wildman–Crippen LogP) is 5.22. The van der Waals surface area contributed by atoms with E-state index in [1.807, 2.05) is 18.2 Å². The highest BCUT2D eigenvalue weighted by Crippen LogP contribution is 2.62. The number of nitrogens with zero attached hydrogens (tertiary/aromatic N) is 1. The molecule has 3 aliphatic rings. The molecule has 1 aliphatic carbocycles. The van der Waals surface area contributed by atoms with Crippen LogP contribution >= 0.6 is 0 Å². The molecule has 2 aliphatic heterocycles. The Bertz CT molecular complexity index is 980. The fourth-order valence-electron chi connectivity index (χ4n) is 6.14. The van der Waals surface area contributed by atoms with Gasteiger partial charge in [-0.05, 0) is 42.4 Å². The van der Waals surface area contributed by atoms with E-state index in [1.165, 1.54) is 30.4 Å². The molecular weight excluding hydrogens is 358 g/mol. The minimum absolute atomic E-state index is 0.239. The quantitative estimate of drug-likeness (QED) is 0.673. The Balaban J connectivity index is 1.59. The van der Waals surface area contributed by atoms with Gasteiger partial charge in [-0.15, -0.1) is 0 Å². The van der Waals surface area contributed by atoms with Crippen molar-refractivity contribution in [2.75, 3.05) is 0 Å². The minimum atomic E-state index is -0.532. The van der Waals surface area contributed by atoms with E-state index in [0.717, 1.165) is 5.56 Å². The Kier molecular flexibility index (Phi) is 3.84. The van der Waals surface area contributed by atoms with E-state index in [4.69, 9.17) is 4.74 Å². The number of benzene rings is 3. The van der Waals surface area contributed by atoms with Gasteiger partial charge >= 0.3 is 0 Å². The molecule has 146 valence electrons. The van der Waals surface area contributed by atoms with Crippen LogP contribution in [0.1, 0.15) is 42.2 Å². The molecule has 0 unspecified atom stereocenters. The first kappa shape index (κ1) is 17.3. The number of hydrogen-bond acceptors (Lipinski definition) is 3. The fraction of sp³-hybridized carbons (Fsp3) is 0.308. The van der Waals surface area contributed by atoms with E-state index in [-0.39, 0.29) is 12.3 Å². The number of piperidine rings is 1. The molecule has 0 spiro atoms. The molecule has 3 aromatic carbocycles. The lowest BCUT2D eigenvalue weighted by Gasteiger charge is -2.39. The first-order valence-corrected chi connectivity index (χ1v) is 10.6. The standard InChI is InChI=1S/C26H25NO2/c28-23-14-8-7-13-22(23)25-27-21-16-15-18(17-21)24(27)26(29-25,19-9-3-1-4-10-19)20-11-5-2-6-12-20/h1-14,18,21,24-25,28H,15-17H2/t18-,21+,24-,25+/m0/s1. The molecule has 3 heteroatoms. The third-order valence-electron chi connectivity index (χ3n) is 7.23. The van der Waals surface area contributed by atoms with Gasteiger partial charge < -0.3 is 9.84 Å². The van der Waals surface area contributed by atoms with Gasteiger partial charge in [-0.2, -0.15) is 0 Å². The van der Waals surface area contributed by atoms with Crippen LogP contribution in [0, 0.1) is 5.92 Å². The van der Waals surface area contributed by atoms with E-state index < -0.39 is 5.60 Å². The normalized spacial score (nSPS) is 29.8. The van der Waals surface area contributed by atoms with E-state index in [0.29, 0.717) is 17.7 Å². The smallest absolute Gasteiger partial charge is 0.142 e. The molecule has 3 nitrogen and oxygen atoms in total. The van der Waals surface area contributed by atoms with Crippen molar-refractivity contribution in [1.82, 2.24) is 4.90 Å². The molecule has 29 heavy (non-hydrogen) atoms. The van der Waals surface area contributed by atoms with Crippen LogP contribution in [0.25, 0.3) is 0 Å². The Morgan fingerprint density at radius 3 is 2.07 bits per heavy atom. The van der Waals surface area contributed by atoms with Crippen LogP contribution in [0.2, 0.25) is 0 Å². The largest absolute Gasteiger partial charge is 0.508 e. The van der Waals surface area contributed by atoms with Crippen molar-refractivity contribution in [2.45, 2.75) is 43.2 Å². The van der Waals surface area contributed by atoms with Crippen molar-refractivity contribution in [3.63, 3.8) is 0 Å². The highest BCUT2D eigenvalue weighted by molar-refractivity contribution is 5.44.